The van der Waals surface area contributed by atoms with Crippen molar-refractivity contribution in [3.05, 3.63) is 41.4 Å². The van der Waals surface area contributed by atoms with Gasteiger partial charge in [0, 0.05) is 16.8 Å². The van der Waals surface area contributed by atoms with Crippen molar-refractivity contribution in [3.8, 4) is 0 Å². The largest absolute Gasteiger partial charge is 0.376 e. The zero-order chi connectivity index (χ0) is 13.7. The monoisotopic (exact) mass is 275 g/mol. The molecule has 0 saturated carbocycles. The van der Waals surface area contributed by atoms with E-state index < -0.39 is 0 Å². The van der Waals surface area contributed by atoms with Gasteiger partial charge in [0.1, 0.15) is 0 Å². The number of carbonyl (C=O) groups excluding carboxylic acids is 1. The van der Waals surface area contributed by atoms with E-state index >= 15 is 0 Å². The van der Waals surface area contributed by atoms with E-state index in [1.54, 1.807) is 0 Å². The van der Waals surface area contributed by atoms with Crippen molar-refractivity contribution in [2.45, 2.75) is 19.8 Å². The lowest BCUT2D eigenvalue weighted by atomic mass is 10.2. The molecule has 100 valence electrons. The van der Waals surface area contributed by atoms with Crippen molar-refractivity contribution in [1.29, 1.82) is 0 Å². The minimum atomic E-state index is -0.0893. The molecule has 1 aromatic carbocycles. The van der Waals surface area contributed by atoms with Gasteiger partial charge in [-0.25, -0.2) is 4.98 Å². The molecule has 19 heavy (non-hydrogen) atoms. The fourth-order valence-corrected chi connectivity index (χ4v) is 2.35. The van der Waals surface area contributed by atoms with Gasteiger partial charge in [-0.3, -0.25) is 4.79 Å². The number of thiazole rings is 1. The topological polar surface area (TPSA) is 54.0 Å². The standard InChI is InChI=1S/C14H17N3OS/c1-10(2)12-8-16-14(19-12)17-13(18)9-15-11-6-4-3-5-7-11/h3-8,10,15H,9H2,1-2H3,(H,16,17,18). The van der Waals surface area contributed by atoms with Gasteiger partial charge in [0.15, 0.2) is 5.13 Å². The number of rotatable bonds is 5. The van der Waals surface area contributed by atoms with Gasteiger partial charge in [-0.05, 0) is 18.1 Å². The van der Waals surface area contributed by atoms with Gasteiger partial charge in [0.25, 0.3) is 0 Å². The van der Waals surface area contributed by atoms with Gasteiger partial charge in [-0.1, -0.05) is 32.0 Å². The number of aromatic nitrogens is 1. The molecule has 0 fully saturated rings. The number of nitrogens with one attached hydrogen (secondary N) is 2. The number of hydrogen-bond donors (Lipinski definition) is 2. The quantitative estimate of drug-likeness (QED) is 0.880. The van der Waals surface area contributed by atoms with Crippen LogP contribution in [0.15, 0.2) is 36.5 Å². The van der Waals surface area contributed by atoms with Crippen LogP contribution in [0.2, 0.25) is 0 Å². The van der Waals surface area contributed by atoms with Crippen molar-refractivity contribution >= 4 is 28.1 Å². The Balaban J connectivity index is 1.84. The summed E-state index contributed by atoms with van der Waals surface area (Å²) in [6.45, 7) is 4.45. The second kappa shape index (κ2) is 6.33. The molecule has 0 bridgehead atoms. The summed E-state index contributed by atoms with van der Waals surface area (Å²) in [5.74, 6) is 0.346. The minimum Gasteiger partial charge on any atom is -0.376 e. The molecule has 0 saturated heterocycles. The van der Waals surface area contributed by atoms with Crippen LogP contribution in [0.25, 0.3) is 0 Å². The highest BCUT2D eigenvalue weighted by atomic mass is 32.1. The molecule has 0 aliphatic rings. The average molecular weight is 275 g/mol. The molecule has 2 aromatic rings. The van der Waals surface area contributed by atoms with Crippen LogP contribution < -0.4 is 10.6 Å². The lowest BCUT2D eigenvalue weighted by Gasteiger charge is -2.05. The van der Waals surface area contributed by atoms with E-state index in [0.717, 1.165) is 5.69 Å². The zero-order valence-corrected chi connectivity index (χ0v) is 11.8. The lowest BCUT2D eigenvalue weighted by molar-refractivity contribution is -0.114. The Labute approximate surface area is 116 Å². The third-order valence-corrected chi connectivity index (χ3v) is 3.78. The van der Waals surface area contributed by atoms with Crippen LogP contribution in [0.3, 0.4) is 0 Å². The Kier molecular flexibility index (Phi) is 4.52. The molecule has 4 nitrogen and oxygen atoms in total. The molecule has 2 rings (SSSR count). The highest BCUT2D eigenvalue weighted by Crippen LogP contribution is 2.24. The Bertz CT molecular complexity index is 537. The Morgan fingerprint density at radius 2 is 2.05 bits per heavy atom. The normalized spacial score (nSPS) is 10.5. The third-order valence-electron chi connectivity index (χ3n) is 2.57. The number of carbonyl (C=O) groups is 1. The summed E-state index contributed by atoms with van der Waals surface area (Å²) in [4.78, 5) is 17.1. The molecule has 0 radical (unpaired) electrons. The van der Waals surface area contributed by atoms with Crippen LogP contribution in [0.5, 0.6) is 0 Å². The summed E-state index contributed by atoms with van der Waals surface area (Å²) < 4.78 is 0. The first-order chi connectivity index (χ1) is 9.15. The van der Waals surface area contributed by atoms with Gasteiger partial charge >= 0.3 is 0 Å². The van der Waals surface area contributed by atoms with Gasteiger partial charge < -0.3 is 10.6 Å². The first kappa shape index (κ1) is 13.5. The molecule has 0 unspecified atom stereocenters. The van der Waals surface area contributed by atoms with Crippen LogP contribution in [-0.2, 0) is 4.79 Å². The molecular weight excluding hydrogens is 258 g/mol. The van der Waals surface area contributed by atoms with Crippen LogP contribution in [-0.4, -0.2) is 17.4 Å². The van der Waals surface area contributed by atoms with Crippen LogP contribution in [0, 0.1) is 0 Å². The molecule has 2 N–H and O–H groups in total. The minimum absolute atomic E-state index is 0.0893. The van der Waals surface area contributed by atoms with E-state index in [1.165, 1.54) is 16.2 Å². The second-order valence-electron chi connectivity index (χ2n) is 4.49. The third kappa shape index (κ3) is 4.06. The molecule has 0 spiro atoms. The van der Waals surface area contributed by atoms with Crippen molar-refractivity contribution < 1.29 is 4.79 Å². The summed E-state index contributed by atoms with van der Waals surface area (Å²) in [7, 11) is 0. The van der Waals surface area contributed by atoms with E-state index in [2.05, 4.69) is 29.5 Å². The van der Waals surface area contributed by atoms with E-state index in [1.807, 2.05) is 36.5 Å². The average Bonchev–Trinajstić information content (AvgIpc) is 2.86. The lowest BCUT2D eigenvalue weighted by Crippen LogP contribution is -2.21. The predicted octanol–water partition coefficient (Wildman–Crippen LogP) is 3.32. The first-order valence-corrected chi connectivity index (χ1v) is 7.01. The maximum atomic E-state index is 11.8. The van der Waals surface area contributed by atoms with Gasteiger partial charge in [0.2, 0.25) is 5.91 Å². The molecule has 1 amide bonds. The zero-order valence-electron chi connectivity index (χ0n) is 11.0. The number of para-hydroxylation sites is 1. The summed E-state index contributed by atoms with van der Waals surface area (Å²) >= 11 is 1.52. The van der Waals surface area contributed by atoms with Crippen molar-refractivity contribution in [2.24, 2.45) is 0 Å². The summed E-state index contributed by atoms with van der Waals surface area (Å²) in [6, 6.07) is 9.64. The molecular formula is C14H17N3OS. The number of amides is 1. The van der Waals surface area contributed by atoms with Crippen LogP contribution in [0.1, 0.15) is 24.6 Å². The van der Waals surface area contributed by atoms with E-state index in [9.17, 15) is 4.79 Å². The SMILES string of the molecule is CC(C)c1cnc(NC(=O)CNc2ccccc2)s1. The smallest absolute Gasteiger partial charge is 0.245 e. The van der Waals surface area contributed by atoms with E-state index in [4.69, 9.17) is 0 Å². The predicted molar refractivity (Wildman–Crippen MR) is 79.8 cm³/mol. The molecule has 0 aliphatic carbocycles. The van der Waals surface area contributed by atoms with Crippen LogP contribution >= 0.6 is 11.3 Å². The molecule has 1 heterocycles. The van der Waals surface area contributed by atoms with Gasteiger partial charge in [0.05, 0.1) is 6.54 Å². The Morgan fingerprint density at radius 3 is 2.68 bits per heavy atom. The van der Waals surface area contributed by atoms with Crippen LogP contribution in [0.4, 0.5) is 10.8 Å². The summed E-state index contributed by atoms with van der Waals surface area (Å²) in [6.07, 6.45) is 1.82. The van der Waals surface area contributed by atoms with E-state index in [-0.39, 0.29) is 12.5 Å². The maximum Gasteiger partial charge on any atom is 0.245 e. The fraction of sp³-hybridized carbons (Fsp3) is 0.286. The number of benzene rings is 1. The second-order valence-corrected chi connectivity index (χ2v) is 5.55. The van der Waals surface area contributed by atoms with E-state index in [0.29, 0.717) is 11.0 Å². The molecule has 1 aromatic heterocycles. The van der Waals surface area contributed by atoms with Gasteiger partial charge in [-0.2, -0.15) is 0 Å². The Morgan fingerprint density at radius 1 is 1.32 bits per heavy atom. The first-order valence-electron chi connectivity index (χ1n) is 6.19. The fourth-order valence-electron chi connectivity index (χ4n) is 1.51. The van der Waals surface area contributed by atoms with Crippen molar-refractivity contribution in [2.75, 3.05) is 17.2 Å². The molecule has 0 aliphatic heterocycles. The van der Waals surface area contributed by atoms with Crippen molar-refractivity contribution in [3.63, 3.8) is 0 Å². The molecule has 5 heteroatoms. The summed E-state index contributed by atoms with van der Waals surface area (Å²) in [5, 5.41) is 6.51. The number of nitrogens with zero attached hydrogens (tertiary/aromatic N) is 1. The molecule has 0 atom stereocenters. The van der Waals surface area contributed by atoms with Crippen molar-refractivity contribution in [1.82, 2.24) is 4.98 Å². The maximum absolute atomic E-state index is 11.8. The Hall–Kier alpha value is -1.88. The highest BCUT2D eigenvalue weighted by Gasteiger charge is 2.08. The van der Waals surface area contributed by atoms with Gasteiger partial charge in [-0.15, -0.1) is 11.3 Å². The summed E-state index contributed by atoms with van der Waals surface area (Å²) in [5.41, 5.74) is 0.930. The number of anilines is 2. The number of hydrogen-bond acceptors (Lipinski definition) is 4. The highest BCUT2D eigenvalue weighted by molar-refractivity contribution is 7.15.